The molecular formula is C13H22IN5O. The summed E-state index contributed by atoms with van der Waals surface area (Å²) in [5, 5.41) is 10.5. The average molecular weight is 391 g/mol. The summed E-state index contributed by atoms with van der Waals surface area (Å²) < 4.78 is 5.06. The van der Waals surface area contributed by atoms with Gasteiger partial charge in [0, 0.05) is 26.1 Å². The first-order valence-electron chi connectivity index (χ1n) is 6.69. The number of hydrogen-bond donors (Lipinski definition) is 2. The fourth-order valence-electron chi connectivity index (χ4n) is 2.01. The van der Waals surface area contributed by atoms with E-state index in [0.717, 1.165) is 38.2 Å². The van der Waals surface area contributed by atoms with Gasteiger partial charge in [-0.1, -0.05) is 17.3 Å². The van der Waals surface area contributed by atoms with Crippen LogP contribution < -0.4 is 10.6 Å². The van der Waals surface area contributed by atoms with Gasteiger partial charge in [-0.2, -0.15) is 4.98 Å². The summed E-state index contributed by atoms with van der Waals surface area (Å²) >= 11 is 0. The van der Waals surface area contributed by atoms with E-state index in [0.29, 0.717) is 17.8 Å². The number of aromatic nitrogens is 2. The second kappa shape index (κ2) is 8.93. The number of guanidine groups is 1. The first-order chi connectivity index (χ1) is 9.28. The van der Waals surface area contributed by atoms with Gasteiger partial charge in [-0.15, -0.1) is 24.0 Å². The molecule has 0 saturated carbocycles. The van der Waals surface area contributed by atoms with Crippen molar-refractivity contribution >= 4 is 29.9 Å². The van der Waals surface area contributed by atoms with Crippen molar-refractivity contribution in [3.8, 4) is 0 Å². The zero-order valence-corrected chi connectivity index (χ0v) is 14.3. The molecule has 0 amide bonds. The molecule has 6 nitrogen and oxygen atoms in total. The van der Waals surface area contributed by atoms with E-state index in [-0.39, 0.29) is 24.0 Å². The maximum absolute atomic E-state index is 5.06. The van der Waals surface area contributed by atoms with E-state index in [1.165, 1.54) is 0 Å². The van der Waals surface area contributed by atoms with Gasteiger partial charge in [-0.3, -0.25) is 4.99 Å². The van der Waals surface area contributed by atoms with Crippen LogP contribution in [0.25, 0.3) is 0 Å². The molecule has 0 radical (unpaired) electrons. The van der Waals surface area contributed by atoms with Crippen molar-refractivity contribution in [1.29, 1.82) is 0 Å². The number of hydrogen-bond acceptors (Lipinski definition) is 4. The molecule has 1 aromatic heterocycles. The predicted molar refractivity (Wildman–Crippen MR) is 89.4 cm³/mol. The van der Waals surface area contributed by atoms with Crippen molar-refractivity contribution < 1.29 is 4.52 Å². The van der Waals surface area contributed by atoms with Gasteiger partial charge in [0.25, 0.3) is 0 Å². The standard InChI is InChI=1S/C13H21N5O.HI/c1-10-16-12(19-18-10)8-5-9-15-13(14-2)17-11-6-3-4-7-11;/h3-4,11H,5-9H2,1-2H3,(H2,14,15,17);1H. The van der Waals surface area contributed by atoms with E-state index in [1.807, 2.05) is 6.92 Å². The third kappa shape index (κ3) is 5.48. The average Bonchev–Trinajstić information content (AvgIpc) is 3.05. The van der Waals surface area contributed by atoms with E-state index < -0.39 is 0 Å². The third-order valence-corrected chi connectivity index (χ3v) is 3.00. The maximum atomic E-state index is 5.06. The lowest BCUT2D eigenvalue weighted by Crippen LogP contribution is -2.42. The largest absolute Gasteiger partial charge is 0.356 e. The molecule has 1 aliphatic carbocycles. The van der Waals surface area contributed by atoms with E-state index in [2.05, 4.69) is 37.9 Å². The molecule has 0 bridgehead atoms. The normalized spacial score (nSPS) is 15.2. The molecule has 2 N–H and O–H groups in total. The van der Waals surface area contributed by atoms with Crippen LogP contribution in [-0.4, -0.2) is 35.7 Å². The molecule has 0 saturated heterocycles. The summed E-state index contributed by atoms with van der Waals surface area (Å²) in [7, 11) is 1.79. The zero-order chi connectivity index (χ0) is 13.5. The highest BCUT2D eigenvalue weighted by Crippen LogP contribution is 2.08. The monoisotopic (exact) mass is 391 g/mol. The second-order valence-electron chi connectivity index (χ2n) is 4.62. The highest BCUT2D eigenvalue weighted by molar-refractivity contribution is 14.0. The van der Waals surface area contributed by atoms with Gasteiger partial charge >= 0.3 is 0 Å². The van der Waals surface area contributed by atoms with Crippen LogP contribution in [0.4, 0.5) is 0 Å². The minimum Gasteiger partial charge on any atom is -0.356 e. The van der Waals surface area contributed by atoms with Crippen LogP contribution in [0.3, 0.4) is 0 Å². The van der Waals surface area contributed by atoms with Gasteiger partial charge < -0.3 is 15.2 Å². The molecule has 1 heterocycles. The molecular weight excluding hydrogens is 369 g/mol. The summed E-state index contributed by atoms with van der Waals surface area (Å²) in [5.41, 5.74) is 0. The minimum absolute atomic E-state index is 0. The Kier molecular flexibility index (Phi) is 7.56. The Morgan fingerprint density at radius 3 is 2.80 bits per heavy atom. The summed E-state index contributed by atoms with van der Waals surface area (Å²) in [4.78, 5) is 8.39. The smallest absolute Gasteiger partial charge is 0.226 e. The molecule has 7 heteroatoms. The molecule has 20 heavy (non-hydrogen) atoms. The summed E-state index contributed by atoms with van der Waals surface area (Å²) in [6, 6.07) is 0.477. The molecule has 0 fully saturated rings. The summed E-state index contributed by atoms with van der Waals surface area (Å²) in [5.74, 6) is 2.24. The van der Waals surface area contributed by atoms with Crippen LogP contribution in [0.5, 0.6) is 0 Å². The lowest BCUT2D eigenvalue weighted by atomic mass is 10.2. The lowest BCUT2D eigenvalue weighted by Gasteiger charge is -2.16. The van der Waals surface area contributed by atoms with Crippen LogP contribution in [0.15, 0.2) is 21.7 Å². The number of nitrogens with zero attached hydrogens (tertiary/aromatic N) is 3. The van der Waals surface area contributed by atoms with Gasteiger partial charge in [0.2, 0.25) is 5.89 Å². The molecule has 112 valence electrons. The lowest BCUT2D eigenvalue weighted by molar-refractivity contribution is 0.372. The Hall–Kier alpha value is -1.12. The number of aliphatic imine (C=N–C) groups is 1. The van der Waals surface area contributed by atoms with E-state index in [9.17, 15) is 0 Å². The molecule has 0 aromatic carbocycles. The van der Waals surface area contributed by atoms with Crippen LogP contribution in [0.1, 0.15) is 31.0 Å². The van der Waals surface area contributed by atoms with Crippen LogP contribution in [0, 0.1) is 6.92 Å². The first-order valence-corrected chi connectivity index (χ1v) is 6.69. The Morgan fingerprint density at radius 2 is 2.20 bits per heavy atom. The molecule has 0 spiro atoms. The van der Waals surface area contributed by atoms with Gasteiger partial charge in [0.15, 0.2) is 11.8 Å². The predicted octanol–water partition coefficient (Wildman–Crippen LogP) is 1.81. The Balaban J connectivity index is 0.00000200. The van der Waals surface area contributed by atoms with Gasteiger partial charge in [-0.05, 0) is 26.2 Å². The van der Waals surface area contributed by atoms with Crippen molar-refractivity contribution in [3.05, 3.63) is 23.9 Å². The van der Waals surface area contributed by atoms with Crippen molar-refractivity contribution in [2.24, 2.45) is 4.99 Å². The maximum Gasteiger partial charge on any atom is 0.226 e. The molecule has 0 atom stereocenters. The highest BCUT2D eigenvalue weighted by Gasteiger charge is 2.11. The number of aryl methyl sites for hydroxylation is 2. The summed E-state index contributed by atoms with van der Waals surface area (Å²) in [6.07, 6.45) is 8.26. The second-order valence-corrected chi connectivity index (χ2v) is 4.62. The van der Waals surface area contributed by atoms with E-state index in [1.54, 1.807) is 7.05 Å². The molecule has 2 rings (SSSR count). The van der Waals surface area contributed by atoms with E-state index >= 15 is 0 Å². The van der Waals surface area contributed by atoms with Crippen molar-refractivity contribution in [2.75, 3.05) is 13.6 Å². The third-order valence-electron chi connectivity index (χ3n) is 3.00. The molecule has 1 aliphatic rings. The Bertz CT molecular complexity index is 449. The van der Waals surface area contributed by atoms with Gasteiger partial charge in [0.1, 0.15) is 0 Å². The zero-order valence-electron chi connectivity index (χ0n) is 11.9. The quantitative estimate of drug-likeness (QED) is 0.263. The van der Waals surface area contributed by atoms with Crippen LogP contribution >= 0.6 is 24.0 Å². The summed E-state index contributed by atoms with van der Waals surface area (Å²) in [6.45, 7) is 2.66. The number of nitrogens with one attached hydrogen (secondary N) is 2. The highest BCUT2D eigenvalue weighted by atomic mass is 127. The topological polar surface area (TPSA) is 75.3 Å². The van der Waals surface area contributed by atoms with Gasteiger partial charge in [-0.25, -0.2) is 0 Å². The molecule has 0 aliphatic heterocycles. The first kappa shape index (κ1) is 16.9. The SMILES string of the molecule is CN=C(NCCCc1nc(C)no1)NC1CC=CC1.I. The van der Waals surface area contributed by atoms with Gasteiger partial charge in [0.05, 0.1) is 0 Å². The molecule has 0 unspecified atom stereocenters. The van der Waals surface area contributed by atoms with Crippen molar-refractivity contribution in [3.63, 3.8) is 0 Å². The van der Waals surface area contributed by atoms with Crippen LogP contribution in [0.2, 0.25) is 0 Å². The minimum atomic E-state index is 0. The fraction of sp³-hybridized carbons (Fsp3) is 0.615. The molecule has 1 aromatic rings. The number of halogens is 1. The fourth-order valence-corrected chi connectivity index (χ4v) is 2.01. The van der Waals surface area contributed by atoms with Crippen molar-refractivity contribution in [2.45, 2.75) is 38.6 Å². The van der Waals surface area contributed by atoms with Crippen LogP contribution in [-0.2, 0) is 6.42 Å². The van der Waals surface area contributed by atoms with Crippen molar-refractivity contribution in [1.82, 2.24) is 20.8 Å². The Morgan fingerprint density at radius 1 is 1.45 bits per heavy atom. The Labute approximate surface area is 136 Å². The van der Waals surface area contributed by atoms with E-state index in [4.69, 9.17) is 4.52 Å². The number of rotatable bonds is 5.